The topological polar surface area (TPSA) is 85.2 Å². The summed E-state index contributed by atoms with van der Waals surface area (Å²) in [6.07, 6.45) is 3.48. The lowest BCUT2D eigenvalue weighted by Gasteiger charge is -2.11. The van der Waals surface area contributed by atoms with Gasteiger partial charge in [-0.2, -0.15) is 0 Å². The Kier molecular flexibility index (Phi) is 6.50. The van der Waals surface area contributed by atoms with Crippen LogP contribution in [0.25, 0.3) is 11.0 Å². The van der Waals surface area contributed by atoms with Gasteiger partial charge in [0.05, 0.1) is 17.6 Å². The largest absolute Gasteiger partial charge is 0.494 e. The lowest BCUT2D eigenvalue weighted by atomic mass is 10.2. The number of carbonyl (C=O) groups excluding carboxylic acids is 2. The Morgan fingerprint density at radius 2 is 1.90 bits per heavy atom. The van der Waals surface area contributed by atoms with Gasteiger partial charge in [0, 0.05) is 24.6 Å². The maximum absolute atomic E-state index is 12.7. The van der Waals surface area contributed by atoms with Crippen molar-refractivity contribution in [3.63, 3.8) is 0 Å². The van der Waals surface area contributed by atoms with Gasteiger partial charge in [-0.25, -0.2) is 4.98 Å². The minimum absolute atomic E-state index is 0.115. The molecule has 162 valence electrons. The highest BCUT2D eigenvalue weighted by molar-refractivity contribution is 5.91. The van der Waals surface area contributed by atoms with Crippen molar-refractivity contribution < 1.29 is 14.3 Å². The van der Waals surface area contributed by atoms with E-state index in [2.05, 4.69) is 10.6 Å². The number of nitrogens with one attached hydrogen (secondary N) is 2. The second-order valence-corrected chi connectivity index (χ2v) is 7.78. The molecule has 1 saturated carbocycles. The summed E-state index contributed by atoms with van der Waals surface area (Å²) in [6, 6.07) is 15.2. The van der Waals surface area contributed by atoms with Gasteiger partial charge in [-0.1, -0.05) is 12.1 Å². The van der Waals surface area contributed by atoms with Crippen molar-refractivity contribution in [2.45, 2.75) is 39.2 Å². The van der Waals surface area contributed by atoms with Crippen molar-refractivity contribution in [2.24, 2.45) is 5.92 Å². The summed E-state index contributed by atoms with van der Waals surface area (Å²) < 4.78 is 7.40. The van der Waals surface area contributed by atoms with Crippen molar-refractivity contribution >= 4 is 28.5 Å². The Labute approximate surface area is 181 Å². The Morgan fingerprint density at radius 3 is 2.65 bits per heavy atom. The average Bonchev–Trinajstić information content (AvgIpc) is 3.57. The molecular weight excluding hydrogens is 392 g/mol. The molecule has 4 rings (SSSR count). The zero-order valence-corrected chi connectivity index (χ0v) is 17.8. The lowest BCUT2D eigenvalue weighted by Crippen LogP contribution is -2.26. The fraction of sp³-hybridized carbons (Fsp3) is 0.375. The van der Waals surface area contributed by atoms with E-state index in [4.69, 9.17) is 9.72 Å². The molecule has 0 unspecified atom stereocenters. The Morgan fingerprint density at radius 1 is 1.13 bits per heavy atom. The third-order valence-corrected chi connectivity index (χ3v) is 5.31. The standard InChI is InChI=1S/C24H28N4O3/c1-2-31-19-13-11-18(12-14-19)26-23(29)16-28-21-7-4-3-6-20(21)27-22(28)8-5-15-25-24(30)17-9-10-17/h3-4,6-7,11-14,17H,2,5,8-10,15-16H2,1H3,(H,25,30)(H,26,29). The van der Waals surface area contributed by atoms with E-state index in [-0.39, 0.29) is 24.3 Å². The van der Waals surface area contributed by atoms with Gasteiger partial charge in [0.15, 0.2) is 0 Å². The second-order valence-electron chi connectivity index (χ2n) is 7.78. The number of carbonyl (C=O) groups is 2. The average molecular weight is 421 g/mol. The zero-order chi connectivity index (χ0) is 21.6. The van der Waals surface area contributed by atoms with Crippen LogP contribution in [0.15, 0.2) is 48.5 Å². The molecule has 0 saturated heterocycles. The third-order valence-electron chi connectivity index (χ3n) is 5.31. The van der Waals surface area contributed by atoms with Gasteiger partial charge >= 0.3 is 0 Å². The molecule has 1 heterocycles. The number of amides is 2. The van der Waals surface area contributed by atoms with E-state index < -0.39 is 0 Å². The van der Waals surface area contributed by atoms with Gasteiger partial charge in [-0.15, -0.1) is 0 Å². The molecule has 2 aromatic carbocycles. The Balaban J connectivity index is 1.40. The fourth-order valence-corrected chi connectivity index (χ4v) is 3.59. The van der Waals surface area contributed by atoms with Gasteiger partial charge in [-0.05, 0) is 62.6 Å². The Hall–Kier alpha value is -3.35. The quantitative estimate of drug-likeness (QED) is 0.492. The van der Waals surface area contributed by atoms with Crippen LogP contribution < -0.4 is 15.4 Å². The molecule has 3 aromatic rings. The predicted molar refractivity (Wildman–Crippen MR) is 120 cm³/mol. The van der Waals surface area contributed by atoms with E-state index in [1.165, 1.54) is 0 Å². The van der Waals surface area contributed by atoms with Crippen LogP contribution in [0.1, 0.15) is 32.0 Å². The number of rotatable bonds is 10. The predicted octanol–water partition coefficient (Wildman–Crippen LogP) is 3.53. The molecule has 31 heavy (non-hydrogen) atoms. The number of aromatic nitrogens is 2. The summed E-state index contributed by atoms with van der Waals surface area (Å²) in [5.41, 5.74) is 2.52. The maximum atomic E-state index is 12.7. The van der Waals surface area contributed by atoms with E-state index in [1.807, 2.05) is 60.0 Å². The van der Waals surface area contributed by atoms with Crippen LogP contribution in [0.5, 0.6) is 5.75 Å². The summed E-state index contributed by atoms with van der Waals surface area (Å²) in [4.78, 5) is 29.3. The number of ether oxygens (including phenoxy) is 1. The smallest absolute Gasteiger partial charge is 0.244 e. The van der Waals surface area contributed by atoms with Crippen molar-refractivity contribution in [3.05, 3.63) is 54.4 Å². The van der Waals surface area contributed by atoms with E-state index in [1.54, 1.807) is 0 Å². The number of aryl methyl sites for hydroxylation is 1. The van der Waals surface area contributed by atoms with Crippen molar-refractivity contribution in [3.8, 4) is 5.75 Å². The maximum Gasteiger partial charge on any atom is 0.244 e. The van der Waals surface area contributed by atoms with Crippen LogP contribution in [0.3, 0.4) is 0 Å². The molecule has 0 bridgehead atoms. The van der Waals surface area contributed by atoms with Gasteiger partial charge < -0.3 is 19.9 Å². The molecule has 0 atom stereocenters. The van der Waals surface area contributed by atoms with Crippen LogP contribution in [0, 0.1) is 5.92 Å². The number of benzene rings is 2. The number of hydrogen-bond acceptors (Lipinski definition) is 4. The number of fused-ring (bicyclic) bond motifs is 1. The minimum Gasteiger partial charge on any atom is -0.494 e. The normalized spacial score (nSPS) is 13.2. The zero-order valence-electron chi connectivity index (χ0n) is 17.8. The molecule has 1 aliphatic carbocycles. The molecule has 7 nitrogen and oxygen atoms in total. The molecule has 2 N–H and O–H groups in total. The number of hydrogen-bond donors (Lipinski definition) is 2. The first-order valence-corrected chi connectivity index (χ1v) is 10.9. The third kappa shape index (κ3) is 5.42. The molecule has 1 aromatic heterocycles. The second kappa shape index (κ2) is 9.64. The van der Waals surface area contributed by atoms with E-state index in [9.17, 15) is 9.59 Å². The molecule has 1 fully saturated rings. The van der Waals surface area contributed by atoms with Crippen LogP contribution in [0.2, 0.25) is 0 Å². The molecule has 0 spiro atoms. The molecule has 0 radical (unpaired) electrons. The van der Waals surface area contributed by atoms with E-state index >= 15 is 0 Å². The highest BCUT2D eigenvalue weighted by atomic mass is 16.5. The van der Waals surface area contributed by atoms with Crippen molar-refractivity contribution in [1.82, 2.24) is 14.9 Å². The summed E-state index contributed by atoms with van der Waals surface area (Å²) >= 11 is 0. The highest BCUT2D eigenvalue weighted by Gasteiger charge is 2.29. The number of nitrogens with zero attached hydrogens (tertiary/aromatic N) is 2. The fourth-order valence-electron chi connectivity index (χ4n) is 3.59. The van der Waals surface area contributed by atoms with Crippen LogP contribution in [-0.2, 0) is 22.6 Å². The lowest BCUT2D eigenvalue weighted by molar-refractivity contribution is -0.122. The van der Waals surface area contributed by atoms with E-state index in [0.29, 0.717) is 19.6 Å². The van der Waals surface area contributed by atoms with Gasteiger partial charge in [0.2, 0.25) is 11.8 Å². The molecular formula is C24H28N4O3. The number of imidazole rings is 1. The summed E-state index contributed by atoms with van der Waals surface area (Å²) in [5.74, 6) is 1.88. The van der Waals surface area contributed by atoms with Crippen LogP contribution in [0.4, 0.5) is 5.69 Å². The first kappa shape index (κ1) is 20.9. The Bertz CT molecular complexity index is 1050. The van der Waals surface area contributed by atoms with Crippen molar-refractivity contribution in [1.29, 1.82) is 0 Å². The first-order chi connectivity index (χ1) is 15.1. The highest BCUT2D eigenvalue weighted by Crippen LogP contribution is 2.28. The van der Waals surface area contributed by atoms with E-state index in [0.717, 1.165) is 47.6 Å². The summed E-state index contributed by atoms with van der Waals surface area (Å²) in [5, 5.41) is 5.93. The van der Waals surface area contributed by atoms with Crippen LogP contribution in [-0.4, -0.2) is 34.5 Å². The monoisotopic (exact) mass is 420 g/mol. The number of anilines is 1. The summed E-state index contributed by atoms with van der Waals surface area (Å²) in [7, 11) is 0. The van der Waals surface area contributed by atoms with Gasteiger partial charge in [-0.3, -0.25) is 9.59 Å². The number of para-hydroxylation sites is 2. The van der Waals surface area contributed by atoms with Crippen molar-refractivity contribution in [2.75, 3.05) is 18.5 Å². The minimum atomic E-state index is -0.115. The molecule has 1 aliphatic rings. The van der Waals surface area contributed by atoms with Gasteiger partial charge in [0.1, 0.15) is 18.1 Å². The summed E-state index contributed by atoms with van der Waals surface area (Å²) in [6.45, 7) is 3.34. The van der Waals surface area contributed by atoms with Crippen LogP contribution >= 0.6 is 0 Å². The molecule has 2 amide bonds. The SMILES string of the molecule is CCOc1ccc(NC(=O)Cn2c(CCCNC(=O)C3CC3)nc3ccccc32)cc1. The first-order valence-electron chi connectivity index (χ1n) is 10.9. The molecule has 0 aliphatic heterocycles. The molecule has 7 heteroatoms. The van der Waals surface area contributed by atoms with Gasteiger partial charge in [0.25, 0.3) is 0 Å².